The first-order chi connectivity index (χ1) is 6.52. The van der Waals surface area contributed by atoms with Crippen molar-refractivity contribution in [2.75, 3.05) is 7.05 Å². The van der Waals surface area contributed by atoms with Crippen molar-refractivity contribution >= 4 is 17.6 Å². The number of likely N-dealkylation sites (N-methyl/N-ethyl adjacent to an activating group) is 1. The van der Waals surface area contributed by atoms with E-state index < -0.39 is 11.5 Å². The highest BCUT2D eigenvalue weighted by Crippen LogP contribution is 2.27. The third kappa shape index (κ3) is 1.74. The maximum absolute atomic E-state index is 11.1. The minimum absolute atomic E-state index is 0.451. The molecule has 0 amide bonds. The van der Waals surface area contributed by atoms with Crippen LogP contribution in [0.3, 0.4) is 0 Å². The monoisotopic (exact) mass is 213 g/mol. The standard InChI is InChI=1S/C10H12ClNO2/c1-10(12-2,9(13)14)7-5-3-4-6-8(7)11/h3-6,12H,1-2H3,(H,13,14). The summed E-state index contributed by atoms with van der Waals surface area (Å²) in [5.41, 5.74) is -0.574. The van der Waals surface area contributed by atoms with Gasteiger partial charge >= 0.3 is 5.97 Å². The third-order valence-electron chi connectivity index (χ3n) is 2.34. The lowest BCUT2D eigenvalue weighted by atomic mass is 9.92. The summed E-state index contributed by atoms with van der Waals surface area (Å²) in [7, 11) is 1.59. The SMILES string of the molecule is CNC(C)(C(=O)O)c1ccccc1Cl. The predicted octanol–water partition coefficient (Wildman–Crippen LogP) is 1.86. The van der Waals surface area contributed by atoms with Crippen molar-refractivity contribution in [3.05, 3.63) is 34.9 Å². The maximum atomic E-state index is 11.1. The number of halogens is 1. The molecule has 0 aliphatic rings. The van der Waals surface area contributed by atoms with Crippen molar-refractivity contribution in [3.8, 4) is 0 Å². The number of carboxylic acids is 1. The van der Waals surface area contributed by atoms with Crippen LogP contribution in [0.15, 0.2) is 24.3 Å². The highest BCUT2D eigenvalue weighted by Gasteiger charge is 2.34. The third-order valence-corrected chi connectivity index (χ3v) is 2.67. The molecule has 2 N–H and O–H groups in total. The Morgan fingerprint density at radius 2 is 2.07 bits per heavy atom. The van der Waals surface area contributed by atoms with E-state index in [9.17, 15) is 4.79 Å². The van der Waals surface area contributed by atoms with Gasteiger partial charge < -0.3 is 10.4 Å². The van der Waals surface area contributed by atoms with Gasteiger partial charge in [0.15, 0.2) is 0 Å². The minimum atomic E-state index is -1.14. The number of hydrogen-bond acceptors (Lipinski definition) is 2. The van der Waals surface area contributed by atoms with Crippen LogP contribution >= 0.6 is 11.6 Å². The normalized spacial score (nSPS) is 14.8. The van der Waals surface area contributed by atoms with Crippen LogP contribution in [0.5, 0.6) is 0 Å². The number of hydrogen-bond donors (Lipinski definition) is 2. The maximum Gasteiger partial charge on any atom is 0.328 e. The molecule has 0 fully saturated rings. The molecule has 1 atom stereocenters. The molecule has 0 saturated heterocycles. The van der Waals surface area contributed by atoms with Gasteiger partial charge in [-0.25, -0.2) is 4.79 Å². The van der Waals surface area contributed by atoms with E-state index in [-0.39, 0.29) is 0 Å². The van der Waals surface area contributed by atoms with Crippen molar-refractivity contribution < 1.29 is 9.90 Å². The summed E-state index contributed by atoms with van der Waals surface area (Å²) < 4.78 is 0. The highest BCUT2D eigenvalue weighted by atomic mass is 35.5. The molecule has 0 saturated carbocycles. The van der Waals surface area contributed by atoms with Gasteiger partial charge in [-0.15, -0.1) is 0 Å². The topological polar surface area (TPSA) is 49.3 Å². The largest absolute Gasteiger partial charge is 0.480 e. The summed E-state index contributed by atoms with van der Waals surface area (Å²) in [6.07, 6.45) is 0. The average molecular weight is 214 g/mol. The Morgan fingerprint density at radius 1 is 1.50 bits per heavy atom. The summed E-state index contributed by atoms with van der Waals surface area (Å²) in [5.74, 6) is -0.951. The molecular formula is C10H12ClNO2. The summed E-state index contributed by atoms with van der Waals surface area (Å²) in [4.78, 5) is 11.1. The molecule has 4 heteroatoms. The second kappa shape index (κ2) is 3.98. The summed E-state index contributed by atoms with van der Waals surface area (Å²) in [6.45, 7) is 1.58. The van der Waals surface area contributed by atoms with Crippen LogP contribution in [-0.4, -0.2) is 18.1 Å². The first kappa shape index (κ1) is 11.0. The van der Waals surface area contributed by atoms with E-state index in [1.807, 2.05) is 0 Å². The molecule has 1 unspecified atom stereocenters. The lowest BCUT2D eigenvalue weighted by molar-refractivity contribution is -0.144. The van der Waals surface area contributed by atoms with Crippen LogP contribution in [0.4, 0.5) is 0 Å². The lowest BCUT2D eigenvalue weighted by Crippen LogP contribution is -2.44. The van der Waals surface area contributed by atoms with Crippen molar-refractivity contribution in [3.63, 3.8) is 0 Å². The van der Waals surface area contributed by atoms with Gasteiger partial charge in [0, 0.05) is 10.6 Å². The second-order valence-electron chi connectivity index (χ2n) is 3.16. The molecule has 1 rings (SSSR count). The van der Waals surface area contributed by atoms with E-state index in [4.69, 9.17) is 16.7 Å². The predicted molar refractivity (Wildman–Crippen MR) is 55.5 cm³/mol. The number of nitrogens with one attached hydrogen (secondary N) is 1. The molecule has 0 heterocycles. The number of aliphatic carboxylic acids is 1. The van der Waals surface area contributed by atoms with Gasteiger partial charge in [-0.2, -0.15) is 0 Å². The van der Waals surface area contributed by atoms with Gasteiger partial charge in [-0.1, -0.05) is 29.8 Å². The first-order valence-corrected chi connectivity index (χ1v) is 4.57. The van der Waals surface area contributed by atoms with E-state index in [0.29, 0.717) is 10.6 Å². The quantitative estimate of drug-likeness (QED) is 0.806. The van der Waals surface area contributed by atoms with Crippen LogP contribution in [0, 0.1) is 0 Å². The molecule has 1 aromatic rings. The molecule has 0 aliphatic carbocycles. The number of benzene rings is 1. The first-order valence-electron chi connectivity index (χ1n) is 4.19. The Kier molecular flexibility index (Phi) is 3.13. The lowest BCUT2D eigenvalue weighted by Gasteiger charge is -2.25. The van der Waals surface area contributed by atoms with E-state index in [2.05, 4.69) is 5.32 Å². The molecule has 0 aliphatic heterocycles. The smallest absolute Gasteiger partial charge is 0.328 e. The van der Waals surface area contributed by atoms with Gasteiger partial charge in [0.25, 0.3) is 0 Å². The van der Waals surface area contributed by atoms with E-state index in [1.165, 1.54) is 0 Å². The zero-order chi connectivity index (χ0) is 10.8. The Hall–Kier alpha value is -1.06. The molecule has 0 bridgehead atoms. The van der Waals surface area contributed by atoms with Crippen molar-refractivity contribution in [2.24, 2.45) is 0 Å². The van der Waals surface area contributed by atoms with Gasteiger partial charge in [0.1, 0.15) is 5.54 Å². The van der Waals surface area contributed by atoms with E-state index in [0.717, 1.165) is 0 Å². The van der Waals surface area contributed by atoms with Crippen molar-refractivity contribution in [2.45, 2.75) is 12.5 Å². The molecule has 3 nitrogen and oxygen atoms in total. The zero-order valence-corrected chi connectivity index (χ0v) is 8.80. The average Bonchev–Trinajstić information content (AvgIpc) is 2.17. The van der Waals surface area contributed by atoms with E-state index >= 15 is 0 Å². The van der Waals surface area contributed by atoms with Gasteiger partial charge in [-0.05, 0) is 20.0 Å². The van der Waals surface area contributed by atoms with Crippen LogP contribution in [0.2, 0.25) is 5.02 Å². The summed E-state index contributed by atoms with van der Waals surface area (Å²) >= 11 is 5.93. The fourth-order valence-electron chi connectivity index (χ4n) is 1.22. The number of rotatable bonds is 3. The van der Waals surface area contributed by atoms with Crippen LogP contribution in [-0.2, 0) is 10.3 Å². The van der Waals surface area contributed by atoms with Gasteiger partial charge in [-0.3, -0.25) is 0 Å². The molecular weight excluding hydrogens is 202 g/mol. The fraction of sp³-hybridized carbons (Fsp3) is 0.300. The Bertz CT molecular complexity index is 354. The number of carboxylic acid groups (broad SMARTS) is 1. The Morgan fingerprint density at radius 3 is 2.50 bits per heavy atom. The van der Waals surface area contributed by atoms with E-state index in [1.54, 1.807) is 38.2 Å². The van der Waals surface area contributed by atoms with Gasteiger partial charge in [0.05, 0.1) is 0 Å². The highest BCUT2D eigenvalue weighted by molar-refractivity contribution is 6.31. The zero-order valence-electron chi connectivity index (χ0n) is 8.04. The molecule has 1 aromatic carbocycles. The molecule has 0 radical (unpaired) electrons. The minimum Gasteiger partial charge on any atom is -0.480 e. The van der Waals surface area contributed by atoms with Gasteiger partial charge in [0.2, 0.25) is 0 Å². The van der Waals surface area contributed by atoms with Crippen molar-refractivity contribution in [1.82, 2.24) is 5.32 Å². The summed E-state index contributed by atoms with van der Waals surface area (Å²) in [6, 6.07) is 6.91. The second-order valence-corrected chi connectivity index (χ2v) is 3.57. The summed E-state index contributed by atoms with van der Waals surface area (Å²) in [5, 5.41) is 12.3. The fourth-order valence-corrected chi connectivity index (χ4v) is 1.55. The van der Waals surface area contributed by atoms with Crippen LogP contribution in [0.1, 0.15) is 12.5 Å². The van der Waals surface area contributed by atoms with Crippen molar-refractivity contribution in [1.29, 1.82) is 0 Å². The molecule has 0 spiro atoms. The number of carbonyl (C=O) groups is 1. The molecule has 14 heavy (non-hydrogen) atoms. The Labute approximate surface area is 87.7 Å². The molecule has 0 aromatic heterocycles. The Balaban J connectivity index is 3.26. The van der Waals surface area contributed by atoms with Crippen LogP contribution < -0.4 is 5.32 Å². The van der Waals surface area contributed by atoms with Crippen LogP contribution in [0.25, 0.3) is 0 Å². The molecule has 76 valence electrons.